The molecule has 1 aliphatic heterocycles. The molecule has 25 heavy (non-hydrogen) atoms. The molecule has 0 spiro atoms. The van der Waals surface area contributed by atoms with Crippen LogP contribution in [0, 0.1) is 22.7 Å². The van der Waals surface area contributed by atoms with E-state index in [1.807, 2.05) is 13.8 Å². The molecule has 0 radical (unpaired) electrons. The van der Waals surface area contributed by atoms with E-state index in [9.17, 15) is 14.4 Å². The van der Waals surface area contributed by atoms with Gasteiger partial charge in [-0.25, -0.2) is 0 Å². The van der Waals surface area contributed by atoms with Gasteiger partial charge in [-0.1, -0.05) is 27.7 Å². The van der Waals surface area contributed by atoms with Crippen LogP contribution in [0.15, 0.2) is 4.99 Å². The van der Waals surface area contributed by atoms with Gasteiger partial charge >= 0.3 is 5.97 Å². The van der Waals surface area contributed by atoms with Crippen molar-refractivity contribution in [1.29, 1.82) is 0 Å². The van der Waals surface area contributed by atoms with Gasteiger partial charge in [0.15, 0.2) is 0 Å². The third-order valence-electron chi connectivity index (χ3n) is 5.17. The third-order valence-corrected chi connectivity index (χ3v) is 5.17. The molecule has 0 aromatic heterocycles. The van der Waals surface area contributed by atoms with Gasteiger partial charge in [-0.05, 0) is 30.6 Å². The molecule has 2 rings (SSSR count). The molecule has 0 aromatic carbocycles. The SMILES string of the molecule is CCOC(=O)CC(C)(C)CC(=O)[C@H]1CN=C2CC(C)(C)CC(=O)[C@H]2C1. The van der Waals surface area contributed by atoms with Gasteiger partial charge in [-0.2, -0.15) is 0 Å². The summed E-state index contributed by atoms with van der Waals surface area (Å²) in [6.45, 7) is 10.6. The van der Waals surface area contributed by atoms with Crippen LogP contribution in [0.3, 0.4) is 0 Å². The number of ketones is 2. The Morgan fingerprint density at radius 2 is 1.92 bits per heavy atom. The number of rotatable bonds is 6. The van der Waals surface area contributed by atoms with Crippen molar-refractivity contribution < 1.29 is 19.1 Å². The lowest BCUT2D eigenvalue weighted by atomic mass is 9.67. The Morgan fingerprint density at radius 3 is 2.56 bits per heavy atom. The molecule has 1 saturated carbocycles. The number of hydrogen-bond donors (Lipinski definition) is 0. The Morgan fingerprint density at radius 1 is 1.24 bits per heavy atom. The third kappa shape index (κ3) is 5.23. The van der Waals surface area contributed by atoms with Crippen molar-refractivity contribution in [2.45, 2.75) is 66.7 Å². The molecule has 0 bridgehead atoms. The van der Waals surface area contributed by atoms with Crippen molar-refractivity contribution in [3.8, 4) is 0 Å². The lowest BCUT2D eigenvalue weighted by molar-refractivity contribution is -0.145. The van der Waals surface area contributed by atoms with Crippen LogP contribution in [-0.2, 0) is 19.1 Å². The van der Waals surface area contributed by atoms with Gasteiger partial charge in [0.05, 0.1) is 18.9 Å². The normalized spacial score (nSPS) is 25.8. The molecule has 1 aliphatic carbocycles. The molecule has 5 nitrogen and oxygen atoms in total. The van der Waals surface area contributed by atoms with E-state index in [2.05, 4.69) is 18.8 Å². The zero-order chi connectivity index (χ0) is 18.8. The standard InChI is InChI=1S/C20H31NO4/c1-6-25-18(24)11-20(4,5)9-16(22)13-7-14-15(21-12-13)8-19(2,3)10-17(14)23/h13-14H,6-12H2,1-5H3/t13-,14+/m1/s1. The summed E-state index contributed by atoms with van der Waals surface area (Å²) < 4.78 is 4.99. The minimum atomic E-state index is -0.439. The summed E-state index contributed by atoms with van der Waals surface area (Å²) in [6, 6.07) is 0. The van der Waals surface area contributed by atoms with Crippen LogP contribution in [0.5, 0.6) is 0 Å². The lowest BCUT2D eigenvalue weighted by Gasteiger charge is -2.38. The van der Waals surface area contributed by atoms with E-state index < -0.39 is 5.41 Å². The number of nitrogens with zero attached hydrogens (tertiary/aromatic N) is 1. The first-order valence-corrected chi connectivity index (χ1v) is 9.27. The fourth-order valence-electron chi connectivity index (χ4n) is 3.99. The largest absolute Gasteiger partial charge is 0.466 e. The summed E-state index contributed by atoms with van der Waals surface area (Å²) in [5, 5.41) is 0. The molecule has 0 N–H and O–H groups in total. The minimum absolute atomic E-state index is 0.0229. The molecule has 0 unspecified atom stereocenters. The van der Waals surface area contributed by atoms with Crippen molar-refractivity contribution in [2.24, 2.45) is 27.7 Å². The number of aliphatic imine (C=N–C) groups is 1. The summed E-state index contributed by atoms with van der Waals surface area (Å²) in [7, 11) is 0. The van der Waals surface area contributed by atoms with Crippen molar-refractivity contribution in [1.82, 2.24) is 0 Å². The van der Waals surface area contributed by atoms with Gasteiger partial charge in [0.1, 0.15) is 11.6 Å². The average Bonchev–Trinajstić information content (AvgIpc) is 2.44. The Hall–Kier alpha value is -1.52. The predicted octanol–water partition coefficient (Wildman–Crippen LogP) is 3.39. The van der Waals surface area contributed by atoms with Gasteiger partial charge in [-0.3, -0.25) is 19.4 Å². The van der Waals surface area contributed by atoms with Crippen molar-refractivity contribution in [2.75, 3.05) is 13.2 Å². The second kappa shape index (κ2) is 7.38. The number of carbonyl (C=O) groups is 3. The van der Waals surface area contributed by atoms with Crippen LogP contribution in [-0.4, -0.2) is 36.4 Å². The van der Waals surface area contributed by atoms with E-state index in [4.69, 9.17) is 4.74 Å². The van der Waals surface area contributed by atoms with E-state index in [-0.39, 0.29) is 41.2 Å². The molecule has 0 amide bonds. The van der Waals surface area contributed by atoms with Crippen molar-refractivity contribution in [3.05, 3.63) is 0 Å². The Balaban J connectivity index is 1.99. The van der Waals surface area contributed by atoms with Crippen LogP contribution < -0.4 is 0 Å². The van der Waals surface area contributed by atoms with E-state index in [1.165, 1.54) is 0 Å². The van der Waals surface area contributed by atoms with Crippen LogP contribution in [0.1, 0.15) is 66.7 Å². The quantitative estimate of drug-likeness (QED) is 0.689. The highest BCUT2D eigenvalue weighted by Crippen LogP contribution is 2.39. The number of fused-ring (bicyclic) bond motifs is 1. The van der Waals surface area contributed by atoms with Gasteiger partial charge in [0, 0.05) is 31.0 Å². The summed E-state index contributed by atoms with van der Waals surface area (Å²) in [6.07, 6.45) is 2.53. The first-order valence-electron chi connectivity index (χ1n) is 9.27. The van der Waals surface area contributed by atoms with Gasteiger partial charge in [0.25, 0.3) is 0 Å². The zero-order valence-electron chi connectivity index (χ0n) is 16.2. The van der Waals surface area contributed by atoms with Crippen LogP contribution in [0.25, 0.3) is 0 Å². The Labute approximate surface area is 150 Å². The zero-order valence-corrected chi connectivity index (χ0v) is 16.2. The number of carbonyl (C=O) groups excluding carboxylic acids is 3. The molecule has 5 heteroatoms. The summed E-state index contributed by atoms with van der Waals surface area (Å²) >= 11 is 0. The number of Topliss-reactive ketones (excluding diaryl/α,β-unsaturated/α-hetero) is 2. The lowest BCUT2D eigenvalue weighted by Crippen LogP contribution is -2.43. The predicted molar refractivity (Wildman–Crippen MR) is 96.6 cm³/mol. The van der Waals surface area contributed by atoms with Gasteiger partial charge < -0.3 is 4.74 Å². The van der Waals surface area contributed by atoms with Crippen molar-refractivity contribution >= 4 is 23.2 Å². The first-order chi connectivity index (χ1) is 11.5. The molecule has 1 heterocycles. The minimum Gasteiger partial charge on any atom is -0.466 e. The summed E-state index contributed by atoms with van der Waals surface area (Å²) in [5.74, 6) is -0.328. The van der Waals surface area contributed by atoms with Gasteiger partial charge in [0.2, 0.25) is 0 Å². The molecule has 0 aromatic rings. The Bertz CT molecular complexity index is 589. The number of ether oxygens (including phenoxy) is 1. The molecule has 0 saturated heterocycles. The monoisotopic (exact) mass is 349 g/mol. The number of esters is 1. The molecule has 140 valence electrons. The van der Waals surface area contributed by atoms with Crippen LogP contribution in [0.4, 0.5) is 0 Å². The van der Waals surface area contributed by atoms with E-state index in [0.717, 1.165) is 12.1 Å². The fourth-order valence-corrected chi connectivity index (χ4v) is 3.99. The molecule has 1 fully saturated rings. The van der Waals surface area contributed by atoms with E-state index in [1.54, 1.807) is 6.92 Å². The smallest absolute Gasteiger partial charge is 0.306 e. The molecule has 2 aliphatic rings. The highest BCUT2D eigenvalue weighted by molar-refractivity contribution is 6.08. The van der Waals surface area contributed by atoms with Gasteiger partial charge in [-0.15, -0.1) is 0 Å². The summed E-state index contributed by atoms with van der Waals surface area (Å²) in [5.41, 5.74) is 0.521. The molecular weight excluding hydrogens is 318 g/mol. The van der Waals surface area contributed by atoms with Crippen LogP contribution >= 0.6 is 0 Å². The van der Waals surface area contributed by atoms with Crippen molar-refractivity contribution in [3.63, 3.8) is 0 Å². The van der Waals surface area contributed by atoms with E-state index in [0.29, 0.717) is 32.4 Å². The van der Waals surface area contributed by atoms with E-state index >= 15 is 0 Å². The summed E-state index contributed by atoms with van der Waals surface area (Å²) in [4.78, 5) is 41.5. The van der Waals surface area contributed by atoms with Crippen LogP contribution in [0.2, 0.25) is 0 Å². The Kier molecular flexibility index (Phi) is 5.85. The maximum absolute atomic E-state index is 12.7. The highest BCUT2D eigenvalue weighted by Gasteiger charge is 2.42. The number of hydrogen-bond acceptors (Lipinski definition) is 5. The second-order valence-electron chi connectivity index (χ2n) is 9.09. The highest BCUT2D eigenvalue weighted by atomic mass is 16.5. The maximum Gasteiger partial charge on any atom is 0.306 e. The molecular formula is C20H31NO4. The second-order valence-corrected chi connectivity index (χ2v) is 9.09. The average molecular weight is 349 g/mol. The maximum atomic E-state index is 12.7. The molecule has 2 atom stereocenters. The topological polar surface area (TPSA) is 72.8 Å². The fraction of sp³-hybridized carbons (Fsp3) is 0.800. The first kappa shape index (κ1) is 19.8.